The van der Waals surface area contributed by atoms with Crippen LogP contribution in [0.1, 0.15) is 19.4 Å². The third-order valence-electron chi connectivity index (χ3n) is 2.48. The van der Waals surface area contributed by atoms with E-state index < -0.39 is 5.76 Å². The van der Waals surface area contributed by atoms with E-state index in [4.69, 9.17) is 4.42 Å². The van der Waals surface area contributed by atoms with Gasteiger partial charge in [0.15, 0.2) is 5.58 Å². The van der Waals surface area contributed by atoms with Crippen molar-refractivity contribution in [1.29, 1.82) is 0 Å². The highest BCUT2D eigenvalue weighted by molar-refractivity contribution is 5.78. The van der Waals surface area contributed by atoms with Gasteiger partial charge in [0.2, 0.25) is 5.91 Å². The van der Waals surface area contributed by atoms with Gasteiger partial charge in [0.1, 0.15) is 0 Å². The van der Waals surface area contributed by atoms with Gasteiger partial charge in [-0.2, -0.15) is 0 Å². The van der Waals surface area contributed by atoms with Crippen LogP contribution in [0.4, 0.5) is 0 Å². The smallest absolute Gasteiger partial charge is 0.408 e. The number of rotatable bonds is 3. The van der Waals surface area contributed by atoms with Crippen molar-refractivity contribution in [2.45, 2.75) is 20.4 Å². The number of nitrogens with one attached hydrogen (secondary N) is 2. The first-order chi connectivity index (χ1) is 8.06. The first-order valence-corrected chi connectivity index (χ1v) is 5.46. The van der Waals surface area contributed by atoms with Gasteiger partial charge in [-0.3, -0.25) is 9.78 Å². The zero-order chi connectivity index (χ0) is 12.4. The number of hydrogen-bond donors (Lipinski definition) is 2. The van der Waals surface area contributed by atoms with Crippen molar-refractivity contribution in [2.24, 2.45) is 5.92 Å². The molecule has 1 aromatic carbocycles. The molecule has 1 amide bonds. The molecule has 0 bridgehead atoms. The minimum Gasteiger partial charge on any atom is -0.408 e. The fourth-order valence-corrected chi connectivity index (χ4v) is 1.49. The maximum absolute atomic E-state index is 11.4. The van der Waals surface area contributed by atoms with E-state index in [0.29, 0.717) is 17.6 Å². The standard InChI is InChI=1S/C12H14N2O3/c1-7(2)11(15)13-6-8-3-4-9-10(5-8)17-12(16)14-9/h3-5,7H,6H2,1-2H3,(H,13,15)(H,14,16). The lowest BCUT2D eigenvalue weighted by Gasteiger charge is -2.07. The molecule has 2 N–H and O–H groups in total. The number of aromatic amines is 1. The second-order valence-electron chi connectivity index (χ2n) is 4.22. The van der Waals surface area contributed by atoms with E-state index in [2.05, 4.69) is 10.3 Å². The molecule has 0 saturated carbocycles. The van der Waals surface area contributed by atoms with Crippen molar-refractivity contribution in [3.63, 3.8) is 0 Å². The normalized spacial score (nSPS) is 11.0. The second kappa shape index (κ2) is 4.45. The molecule has 0 fully saturated rings. The monoisotopic (exact) mass is 234 g/mol. The highest BCUT2D eigenvalue weighted by atomic mass is 16.4. The van der Waals surface area contributed by atoms with Gasteiger partial charge in [-0.05, 0) is 17.7 Å². The van der Waals surface area contributed by atoms with Gasteiger partial charge in [0, 0.05) is 12.5 Å². The zero-order valence-corrected chi connectivity index (χ0v) is 9.74. The number of carbonyl (C=O) groups is 1. The van der Waals surface area contributed by atoms with Gasteiger partial charge in [0.25, 0.3) is 0 Å². The van der Waals surface area contributed by atoms with Gasteiger partial charge in [-0.15, -0.1) is 0 Å². The summed E-state index contributed by atoms with van der Waals surface area (Å²) in [5.41, 5.74) is 2.06. The molecule has 0 spiro atoms. The quantitative estimate of drug-likeness (QED) is 0.842. The molecule has 2 rings (SSSR count). The average molecular weight is 234 g/mol. The number of amides is 1. The Kier molecular flexibility index (Phi) is 2.99. The van der Waals surface area contributed by atoms with E-state index >= 15 is 0 Å². The van der Waals surface area contributed by atoms with Crippen LogP contribution in [0, 0.1) is 5.92 Å². The van der Waals surface area contributed by atoms with Crippen LogP contribution < -0.4 is 11.1 Å². The Morgan fingerprint density at radius 2 is 2.24 bits per heavy atom. The van der Waals surface area contributed by atoms with E-state index in [0.717, 1.165) is 5.56 Å². The van der Waals surface area contributed by atoms with Gasteiger partial charge in [-0.25, -0.2) is 4.79 Å². The summed E-state index contributed by atoms with van der Waals surface area (Å²) in [5.74, 6) is -0.507. The van der Waals surface area contributed by atoms with Gasteiger partial charge in [-0.1, -0.05) is 19.9 Å². The molecule has 2 aromatic rings. The Morgan fingerprint density at radius 1 is 1.47 bits per heavy atom. The summed E-state index contributed by atoms with van der Waals surface area (Å²) in [6.07, 6.45) is 0. The third-order valence-corrected chi connectivity index (χ3v) is 2.48. The molecule has 5 heteroatoms. The Labute approximate surface area is 97.8 Å². The maximum atomic E-state index is 11.4. The van der Waals surface area contributed by atoms with E-state index in [1.807, 2.05) is 19.9 Å². The summed E-state index contributed by atoms with van der Waals surface area (Å²) in [6.45, 7) is 4.11. The minimum absolute atomic E-state index is 0.000572. The van der Waals surface area contributed by atoms with Crippen molar-refractivity contribution in [2.75, 3.05) is 0 Å². The SMILES string of the molecule is CC(C)C(=O)NCc1ccc2[nH]c(=O)oc2c1. The number of hydrogen-bond acceptors (Lipinski definition) is 3. The molecule has 5 nitrogen and oxygen atoms in total. The number of H-pyrrole nitrogens is 1. The van der Waals surface area contributed by atoms with E-state index in [1.165, 1.54) is 0 Å². The van der Waals surface area contributed by atoms with Crippen LogP contribution >= 0.6 is 0 Å². The molecule has 0 saturated heterocycles. The highest BCUT2D eigenvalue weighted by Crippen LogP contribution is 2.12. The van der Waals surface area contributed by atoms with E-state index in [1.54, 1.807) is 12.1 Å². The zero-order valence-electron chi connectivity index (χ0n) is 9.74. The topological polar surface area (TPSA) is 75.1 Å². The number of fused-ring (bicyclic) bond motifs is 1. The van der Waals surface area contributed by atoms with Crippen molar-refractivity contribution in [3.8, 4) is 0 Å². The second-order valence-corrected chi connectivity index (χ2v) is 4.22. The summed E-state index contributed by atoms with van der Waals surface area (Å²) >= 11 is 0. The van der Waals surface area contributed by atoms with Crippen molar-refractivity contribution >= 4 is 17.0 Å². The molecule has 0 radical (unpaired) electrons. The van der Waals surface area contributed by atoms with E-state index in [9.17, 15) is 9.59 Å². The Balaban J connectivity index is 2.14. The van der Waals surface area contributed by atoms with Crippen LogP contribution in [0.25, 0.3) is 11.1 Å². The van der Waals surface area contributed by atoms with Gasteiger partial charge < -0.3 is 9.73 Å². The van der Waals surface area contributed by atoms with Gasteiger partial charge >= 0.3 is 5.76 Å². The van der Waals surface area contributed by atoms with Gasteiger partial charge in [0.05, 0.1) is 5.52 Å². The van der Waals surface area contributed by atoms with Crippen LogP contribution in [0.2, 0.25) is 0 Å². The molecule has 0 atom stereocenters. The molecule has 1 heterocycles. The molecular weight excluding hydrogens is 220 g/mol. The summed E-state index contributed by atoms with van der Waals surface area (Å²) in [4.78, 5) is 24.9. The lowest BCUT2D eigenvalue weighted by molar-refractivity contribution is -0.124. The molecule has 0 aliphatic rings. The van der Waals surface area contributed by atoms with Crippen LogP contribution in [-0.2, 0) is 11.3 Å². The Morgan fingerprint density at radius 3 is 2.94 bits per heavy atom. The molecule has 0 aliphatic heterocycles. The lowest BCUT2D eigenvalue weighted by atomic mass is 10.2. The highest BCUT2D eigenvalue weighted by Gasteiger charge is 2.07. The lowest BCUT2D eigenvalue weighted by Crippen LogP contribution is -2.27. The molecule has 17 heavy (non-hydrogen) atoms. The largest absolute Gasteiger partial charge is 0.417 e. The summed E-state index contributed by atoms with van der Waals surface area (Å²) in [7, 11) is 0. The van der Waals surface area contributed by atoms with Crippen LogP contribution in [0.15, 0.2) is 27.4 Å². The molecule has 1 aromatic heterocycles. The predicted molar refractivity (Wildman–Crippen MR) is 63.5 cm³/mol. The number of benzene rings is 1. The number of aromatic nitrogens is 1. The number of oxazole rings is 1. The van der Waals surface area contributed by atoms with Crippen molar-refractivity contribution in [3.05, 3.63) is 34.3 Å². The van der Waals surface area contributed by atoms with Crippen LogP contribution in [0.5, 0.6) is 0 Å². The summed E-state index contributed by atoms with van der Waals surface area (Å²) in [5, 5.41) is 2.80. The van der Waals surface area contributed by atoms with Crippen molar-refractivity contribution in [1.82, 2.24) is 10.3 Å². The van der Waals surface area contributed by atoms with E-state index in [-0.39, 0.29) is 11.8 Å². The summed E-state index contributed by atoms with van der Waals surface area (Å²) in [6, 6.07) is 5.35. The molecule has 90 valence electrons. The van der Waals surface area contributed by atoms with Crippen LogP contribution in [-0.4, -0.2) is 10.9 Å². The fraction of sp³-hybridized carbons (Fsp3) is 0.333. The van der Waals surface area contributed by atoms with Crippen LogP contribution in [0.3, 0.4) is 0 Å². The first kappa shape index (κ1) is 11.4. The average Bonchev–Trinajstić information content (AvgIpc) is 2.64. The molecule has 0 unspecified atom stereocenters. The minimum atomic E-state index is -0.469. The van der Waals surface area contributed by atoms with Crippen molar-refractivity contribution < 1.29 is 9.21 Å². The molecular formula is C12H14N2O3. The maximum Gasteiger partial charge on any atom is 0.417 e. The summed E-state index contributed by atoms with van der Waals surface area (Å²) < 4.78 is 4.94. The third kappa shape index (κ3) is 2.55. The molecule has 0 aliphatic carbocycles. The Bertz CT molecular complexity index is 595. The fourth-order valence-electron chi connectivity index (χ4n) is 1.49. The number of carbonyl (C=O) groups excluding carboxylic acids is 1. The first-order valence-electron chi connectivity index (χ1n) is 5.46. The Hall–Kier alpha value is -2.04. The predicted octanol–water partition coefficient (Wildman–Crippen LogP) is 1.39.